The molecule has 1 aliphatic carbocycles. The molecular weight excluding hydrogens is 288 g/mol. The molecule has 0 fully saturated rings. The van der Waals surface area contributed by atoms with Crippen LogP contribution >= 0.6 is 11.3 Å². The van der Waals surface area contributed by atoms with Gasteiger partial charge in [-0.1, -0.05) is 13.8 Å². The molecule has 0 aliphatic heterocycles. The summed E-state index contributed by atoms with van der Waals surface area (Å²) in [6.45, 7) is 4.04. The second kappa shape index (κ2) is 6.58. The Balaban J connectivity index is 2.20. The fraction of sp³-hybridized carbons (Fsp3) is 0.600. The summed E-state index contributed by atoms with van der Waals surface area (Å²) in [4.78, 5) is 25.3. The molecule has 1 amide bonds. The number of ether oxygens (including phenoxy) is 1. The van der Waals surface area contributed by atoms with E-state index >= 15 is 0 Å². The molecule has 1 aliphatic rings. The fourth-order valence-corrected chi connectivity index (χ4v) is 3.91. The molecule has 2 rings (SSSR count). The van der Waals surface area contributed by atoms with Gasteiger partial charge < -0.3 is 15.8 Å². The number of esters is 1. The monoisotopic (exact) mass is 310 g/mol. The highest BCUT2D eigenvalue weighted by Crippen LogP contribution is 2.39. The summed E-state index contributed by atoms with van der Waals surface area (Å²) in [6.07, 6.45) is 3.48. The molecule has 1 atom stereocenters. The lowest BCUT2D eigenvalue weighted by molar-refractivity contribution is -0.117. The minimum absolute atomic E-state index is 0.242. The molecule has 0 bridgehead atoms. The van der Waals surface area contributed by atoms with Crippen LogP contribution in [-0.4, -0.2) is 25.0 Å². The average Bonchev–Trinajstić information content (AvgIpc) is 2.97. The van der Waals surface area contributed by atoms with E-state index in [2.05, 4.69) is 5.32 Å². The summed E-state index contributed by atoms with van der Waals surface area (Å²) < 4.78 is 4.85. The van der Waals surface area contributed by atoms with E-state index in [9.17, 15) is 9.59 Å². The highest BCUT2D eigenvalue weighted by atomic mass is 32.1. The highest BCUT2D eigenvalue weighted by molar-refractivity contribution is 7.17. The van der Waals surface area contributed by atoms with Gasteiger partial charge in [-0.3, -0.25) is 4.79 Å². The first kappa shape index (κ1) is 16.0. The second-order valence-electron chi connectivity index (χ2n) is 5.78. The topological polar surface area (TPSA) is 81.4 Å². The van der Waals surface area contributed by atoms with Gasteiger partial charge in [0.25, 0.3) is 0 Å². The van der Waals surface area contributed by atoms with Crippen molar-refractivity contribution in [3.8, 4) is 0 Å². The molecule has 0 radical (unpaired) electrons. The Morgan fingerprint density at radius 1 is 1.38 bits per heavy atom. The van der Waals surface area contributed by atoms with Crippen LogP contribution in [-0.2, 0) is 22.4 Å². The average molecular weight is 310 g/mol. The van der Waals surface area contributed by atoms with Gasteiger partial charge in [0.15, 0.2) is 0 Å². The summed E-state index contributed by atoms with van der Waals surface area (Å²) >= 11 is 1.47. The Labute approximate surface area is 128 Å². The number of hydrogen-bond acceptors (Lipinski definition) is 5. The minimum atomic E-state index is -0.563. The van der Waals surface area contributed by atoms with Gasteiger partial charge in [0.1, 0.15) is 5.00 Å². The maximum Gasteiger partial charge on any atom is 0.341 e. The molecule has 116 valence electrons. The van der Waals surface area contributed by atoms with Gasteiger partial charge in [0.2, 0.25) is 5.91 Å². The number of thiophene rings is 1. The zero-order valence-corrected chi connectivity index (χ0v) is 13.5. The van der Waals surface area contributed by atoms with Crippen molar-refractivity contribution in [1.82, 2.24) is 0 Å². The summed E-state index contributed by atoms with van der Waals surface area (Å²) in [5.41, 5.74) is 7.43. The lowest BCUT2D eigenvalue weighted by Crippen LogP contribution is -2.36. The zero-order chi connectivity index (χ0) is 15.6. The van der Waals surface area contributed by atoms with E-state index < -0.39 is 6.04 Å². The molecule has 0 aromatic carbocycles. The maximum absolute atomic E-state index is 12.2. The molecule has 5 nitrogen and oxygen atoms in total. The zero-order valence-electron chi connectivity index (χ0n) is 12.7. The van der Waals surface area contributed by atoms with E-state index in [0.29, 0.717) is 22.9 Å². The standard InChI is InChI=1S/C15H22N2O3S/c1-8(2)7-10(16)13(18)17-14-12(15(19)20-3)9-5-4-6-11(9)21-14/h8,10H,4-7,16H2,1-3H3,(H,17,18)/t10-/m0/s1. The van der Waals surface area contributed by atoms with Gasteiger partial charge >= 0.3 is 5.97 Å². The maximum atomic E-state index is 12.2. The van der Waals surface area contributed by atoms with Crippen LogP contribution in [0.3, 0.4) is 0 Å². The summed E-state index contributed by atoms with van der Waals surface area (Å²) in [6, 6.07) is -0.563. The normalized spacial score (nSPS) is 14.9. The molecule has 1 heterocycles. The number of amides is 1. The van der Waals surface area contributed by atoms with E-state index in [-0.39, 0.29) is 11.9 Å². The van der Waals surface area contributed by atoms with Crippen LogP contribution in [0, 0.1) is 5.92 Å². The van der Waals surface area contributed by atoms with Gasteiger partial charge in [-0.2, -0.15) is 0 Å². The smallest absolute Gasteiger partial charge is 0.341 e. The van der Waals surface area contributed by atoms with Crippen LogP contribution in [0.1, 0.15) is 47.5 Å². The lowest BCUT2D eigenvalue weighted by Gasteiger charge is -2.14. The van der Waals surface area contributed by atoms with Crippen LogP contribution in [0.2, 0.25) is 0 Å². The SMILES string of the molecule is COC(=O)c1c(NC(=O)[C@@H](N)CC(C)C)sc2c1CCC2. The first-order valence-corrected chi connectivity index (χ1v) is 8.05. The molecule has 0 unspecified atom stereocenters. The quantitative estimate of drug-likeness (QED) is 0.818. The van der Waals surface area contributed by atoms with Crippen molar-refractivity contribution in [2.24, 2.45) is 11.7 Å². The van der Waals surface area contributed by atoms with Gasteiger partial charge in [-0.15, -0.1) is 11.3 Å². The van der Waals surface area contributed by atoms with E-state index in [1.165, 1.54) is 23.3 Å². The Bertz CT molecular complexity index is 551. The number of aryl methyl sites for hydroxylation is 1. The third-order valence-electron chi connectivity index (χ3n) is 3.61. The number of nitrogens with one attached hydrogen (secondary N) is 1. The molecule has 0 saturated heterocycles. The lowest BCUT2D eigenvalue weighted by atomic mass is 10.0. The number of hydrogen-bond donors (Lipinski definition) is 2. The van der Waals surface area contributed by atoms with Crippen molar-refractivity contribution in [3.05, 3.63) is 16.0 Å². The van der Waals surface area contributed by atoms with E-state index in [0.717, 1.165) is 24.8 Å². The van der Waals surface area contributed by atoms with Crippen molar-refractivity contribution in [3.63, 3.8) is 0 Å². The van der Waals surface area contributed by atoms with E-state index in [1.807, 2.05) is 13.8 Å². The predicted molar refractivity (Wildman–Crippen MR) is 83.7 cm³/mol. The molecule has 1 aromatic heterocycles. The van der Waals surface area contributed by atoms with Gasteiger partial charge in [-0.25, -0.2) is 4.79 Å². The first-order valence-electron chi connectivity index (χ1n) is 7.23. The van der Waals surface area contributed by atoms with E-state index in [4.69, 9.17) is 10.5 Å². The largest absolute Gasteiger partial charge is 0.465 e. The molecule has 0 spiro atoms. The minimum Gasteiger partial charge on any atom is -0.465 e. The summed E-state index contributed by atoms with van der Waals surface area (Å²) in [5, 5.41) is 3.39. The van der Waals surface area contributed by atoms with Crippen molar-refractivity contribution in [1.29, 1.82) is 0 Å². The number of rotatable bonds is 5. The Morgan fingerprint density at radius 3 is 2.71 bits per heavy atom. The van der Waals surface area contributed by atoms with Crippen LogP contribution in [0.25, 0.3) is 0 Å². The van der Waals surface area contributed by atoms with Gasteiger partial charge in [-0.05, 0) is 37.2 Å². The van der Waals surface area contributed by atoms with E-state index in [1.54, 1.807) is 0 Å². The summed E-state index contributed by atoms with van der Waals surface area (Å²) in [5.74, 6) is -0.282. The highest BCUT2D eigenvalue weighted by Gasteiger charge is 2.28. The third-order valence-corrected chi connectivity index (χ3v) is 4.82. The molecule has 0 saturated carbocycles. The Kier molecular flexibility index (Phi) is 5.00. The second-order valence-corrected chi connectivity index (χ2v) is 6.88. The van der Waals surface area contributed by atoms with Crippen molar-refractivity contribution >= 4 is 28.2 Å². The summed E-state index contributed by atoms with van der Waals surface area (Å²) in [7, 11) is 1.36. The van der Waals surface area contributed by atoms with Gasteiger partial charge in [0.05, 0.1) is 18.7 Å². The molecule has 1 aromatic rings. The number of fused-ring (bicyclic) bond motifs is 1. The van der Waals surface area contributed by atoms with Crippen LogP contribution < -0.4 is 11.1 Å². The van der Waals surface area contributed by atoms with Crippen molar-refractivity contribution in [2.45, 2.75) is 45.6 Å². The number of anilines is 1. The number of methoxy groups -OCH3 is 1. The van der Waals surface area contributed by atoms with Crippen LogP contribution in [0.15, 0.2) is 0 Å². The molecule has 21 heavy (non-hydrogen) atoms. The Morgan fingerprint density at radius 2 is 2.10 bits per heavy atom. The molecule has 6 heteroatoms. The fourth-order valence-electron chi connectivity index (χ4n) is 2.63. The third kappa shape index (κ3) is 3.44. The Hall–Kier alpha value is -1.40. The molecule has 3 N–H and O–H groups in total. The number of carbonyl (C=O) groups excluding carboxylic acids is 2. The number of nitrogens with two attached hydrogens (primary N) is 1. The molecular formula is C15H22N2O3S. The number of carbonyl (C=O) groups is 2. The van der Waals surface area contributed by atoms with Crippen molar-refractivity contribution < 1.29 is 14.3 Å². The predicted octanol–water partition coefficient (Wildman–Crippen LogP) is 2.34. The van der Waals surface area contributed by atoms with Crippen LogP contribution in [0.5, 0.6) is 0 Å². The van der Waals surface area contributed by atoms with Gasteiger partial charge in [0, 0.05) is 4.88 Å². The van der Waals surface area contributed by atoms with Crippen molar-refractivity contribution in [2.75, 3.05) is 12.4 Å². The first-order chi connectivity index (χ1) is 9.93. The van der Waals surface area contributed by atoms with Crippen LogP contribution in [0.4, 0.5) is 5.00 Å².